The first-order chi connectivity index (χ1) is 53.1. The minimum absolute atomic E-state index is 0.00470. The lowest BCUT2D eigenvalue weighted by atomic mass is 9.81. The normalized spacial score (nSPS) is 22.2. The number of nitrogens with two attached hydrogens (primary N) is 2. The number of fused-ring (bicyclic) bond motifs is 8. The Hall–Kier alpha value is -8.39. The van der Waals surface area contributed by atoms with Crippen LogP contribution in [0.4, 0.5) is 22.7 Å². The molecule has 0 spiro atoms. The van der Waals surface area contributed by atoms with Gasteiger partial charge in [0.25, 0.3) is 32.1 Å². The summed E-state index contributed by atoms with van der Waals surface area (Å²) in [7, 11) is -14.0. The van der Waals surface area contributed by atoms with Gasteiger partial charge in [-0.15, -0.1) is 0 Å². The molecule has 10 N–H and O–H groups in total. The lowest BCUT2D eigenvalue weighted by molar-refractivity contribution is -1.08. The minimum atomic E-state index is -4.32. The Kier molecular flexibility index (Phi) is 27.5. The molecule has 0 radical (unpaired) electrons. The summed E-state index contributed by atoms with van der Waals surface area (Å²) in [4.78, 5) is 76.8. The summed E-state index contributed by atoms with van der Waals surface area (Å²) in [5, 5.41) is 10.9. The van der Waals surface area contributed by atoms with Crippen LogP contribution in [-0.2, 0) is 92.7 Å². The quantitative estimate of drug-likeness (QED) is 0.0136. The molecule has 4 bridgehead atoms. The van der Waals surface area contributed by atoms with E-state index in [2.05, 4.69) is 21.3 Å². The van der Waals surface area contributed by atoms with Crippen molar-refractivity contribution < 1.29 is 94.1 Å². The minimum Gasteiger partial charge on any atom is -0.365 e. The van der Waals surface area contributed by atoms with E-state index in [1.54, 1.807) is 54.6 Å². The summed E-state index contributed by atoms with van der Waals surface area (Å²) in [6, 6.07) is 24.7. The van der Waals surface area contributed by atoms with Crippen molar-refractivity contribution >= 4 is 104 Å². The van der Waals surface area contributed by atoms with Gasteiger partial charge in [0.05, 0.1) is 52.9 Å². The molecule has 113 heavy (non-hydrogen) atoms. The summed E-state index contributed by atoms with van der Waals surface area (Å²) in [5.41, 5.74) is 16.8. The Morgan fingerprint density at radius 1 is 0.513 bits per heavy atom. The molecule has 8 aliphatic heterocycles. The fraction of sp³-hybridized carbons (Fsp3) is 0.506. The largest absolute Gasteiger partial charge is 0.365 e. The topological polar surface area (TPSA) is 392 Å². The number of primary amides is 2. The van der Waals surface area contributed by atoms with Crippen molar-refractivity contribution in [3.05, 3.63) is 155 Å². The highest BCUT2D eigenvalue weighted by Crippen LogP contribution is 2.49. The number of carbonyl (C=O) groups is 6. The monoisotopic (exact) mass is 1640 g/mol. The third-order valence-corrected chi connectivity index (χ3v) is 29.1. The maximum absolute atomic E-state index is 14.2. The first-order valence-electron chi connectivity index (χ1n) is 38.7. The van der Waals surface area contributed by atoms with Gasteiger partial charge in [-0.25, -0.2) is 25.4 Å². The Labute approximate surface area is 665 Å². The van der Waals surface area contributed by atoms with E-state index in [0.717, 1.165) is 142 Å². The molecular weight excluding hydrogens is 1530 g/mol. The number of benzene rings is 4. The number of hydrogen-bond acceptors (Lipinski definition) is 15. The van der Waals surface area contributed by atoms with E-state index in [1.807, 2.05) is 97.9 Å². The number of anilines is 3. The van der Waals surface area contributed by atoms with Crippen molar-refractivity contribution in [1.82, 2.24) is 19.2 Å². The molecule has 8 aliphatic rings. The van der Waals surface area contributed by atoms with Gasteiger partial charge in [0.2, 0.25) is 49.4 Å². The molecule has 8 heterocycles. The first kappa shape index (κ1) is 87.0. The van der Waals surface area contributed by atoms with Crippen LogP contribution in [0.1, 0.15) is 88.5 Å². The molecule has 30 nitrogen and oxygen atoms in total. The zero-order valence-electron chi connectivity index (χ0n) is 65.7. The van der Waals surface area contributed by atoms with Crippen LogP contribution >= 0.6 is 0 Å². The molecule has 0 unspecified atom stereocenters. The molecule has 4 aromatic carbocycles. The maximum atomic E-state index is 14.2. The van der Waals surface area contributed by atoms with Crippen LogP contribution in [0.3, 0.4) is 0 Å². The second-order valence-electron chi connectivity index (χ2n) is 32.4. The number of piperazine rings is 6. The Morgan fingerprint density at radius 2 is 0.929 bits per heavy atom. The van der Waals surface area contributed by atoms with Gasteiger partial charge in [-0.3, -0.25) is 37.9 Å². The summed E-state index contributed by atoms with van der Waals surface area (Å²) < 4.78 is 132. The van der Waals surface area contributed by atoms with Crippen molar-refractivity contribution in [1.29, 1.82) is 0 Å². The van der Waals surface area contributed by atoms with Gasteiger partial charge >= 0.3 is 0 Å². The van der Waals surface area contributed by atoms with Crippen molar-refractivity contribution in [2.45, 2.75) is 99.7 Å². The van der Waals surface area contributed by atoms with E-state index >= 15 is 0 Å². The van der Waals surface area contributed by atoms with Crippen LogP contribution < -0.4 is 37.6 Å². The van der Waals surface area contributed by atoms with E-state index in [0.29, 0.717) is 58.4 Å². The zero-order chi connectivity index (χ0) is 82.0. The SMILES string of the molecule is CN(CCCC(=O)NCC(=O)Nc1ccc(CC[N+]23CC[N+](CC(N)=O)(CC2)CC3)cc1)S(=O)(=O)c1ccc2c(c1)C(C)(C)C(=CC=CC=CC=CC1=[N+](CCCS(=O)(=O)O)c3ccc(S(=O)(=O)N(C)CCCC(=O)NCC(=O)Nc4ccc(CC[N+]56CC[N+](CC(N)=O)(CC5)CC6)cc4)cc3C1(C)C)N2CCCS(=O)(=O)O. The van der Waals surface area contributed by atoms with E-state index in [9.17, 15) is 71.5 Å². The van der Waals surface area contributed by atoms with Crippen LogP contribution in [0, 0.1) is 0 Å². The highest BCUT2D eigenvalue weighted by molar-refractivity contribution is 7.89. The van der Waals surface area contributed by atoms with Crippen LogP contribution in [0.2, 0.25) is 0 Å². The molecule has 12 rings (SSSR count). The molecule has 34 heteroatoms. The molecule has 614 valence electrons. The first-order valence-corrected chi connectivity index (χ1v) is 44.8. The number of hydrogen-bond donors (Lipinski definition) is 8. The lowest BCUT2D eigenvalue weighted by Gasteiger charge is -2.55. The van der Waals surface area contributed by atoms with Crippen LogP contribution in [0.15, 0.2) is 143 Å². The molecule has 6 amide bonds. The number of amides is 6. The van der Waals surface area contributed by atoms with Crippen molar-refractivity contribution in [2.75, 3.05) is 185 Å². The predicted molar refractivity (Wildman–Crippen MR) is 433 cm³/mol. The third-order valence-electron chi connectivity index (χ3n) is 23.8. The number of nitrogens with zero attached hydrogens (tertiary/aromatic N) is 8. The van der Waals surface area contributed by atoms with Crippen molar-refractivity contribution in [2.24, 2.45) is 11.5 Å². The van der Waals surface area contributed by atoms with Crippen LogP contribution in [0.5, 0.6) is 0 Å². The molecule has 0 atom stereocenters. The number of nitrogens with one attached hydrogen (secondary N) is 4. The van der Waals surface area contributed by atoms with E-state index in [1.165, 1.54) is 26.2 Å². The predicted octanol–water partition coefficient (Wildman–Crippen LogP) is 3.66. The standard InChI is InChI=1S/C79H108N14O16S4/c1-78(2)66-54-64(112(106,107)86(5)34-12-18-74(96)82-56-76(98)84-62-24-20-60(21-25-62)32-38-90-40-46-92(47-41-90,48-42-90)58-72(80)94)28-30-68(66)88(36-14-52-110(100,101)102)70(78)16-10-8-7-9-11-17-71-79(3,4)67-55-65(29-31-69(67)89(71)37-15-53-111(103,104)105)113(108,109)87(6)35-13-19-75(97)83-57-77(99)85-63-26-22-61(23-27-63)33-39-91-43-49-93(50-44-91,51-45-91)59-73(81)95/h7-11,16-17,20-31,54-55H,12-15,18-19,32-53,56-59H2,1-6H3,(H5-5,80,81,82,83,84,85,94,95,96,97,98,99,100,101,102,103,104,105)/p+5. The van der Waals surface area contributed by atoms with Gasteiger partial charge in [-0.1, -0.05) is 68.5 Å². The Bertz CT molecular complexity index is 4840. The Balaban J connectivity index is 0.697. The smallest absolute Gasteiger partial charge is 0.272 e. The molecule has 0 aromatic heterocycles. The van der Waals surface area contributed by atoms with Gasteiger partial charge in [0.1, 0.15) is 85.1 Å². The van der Waals surface area contributed by atoms with Crippen molar-refractivity contribution in [3.8, 4) is 0 Å². The average molecular weight is 1640 g/mol. The third kappa shape index (κ3) is 22.2. The van der Waals surface area contributed by atoms with Gasteiger partial charge in [0.15, 0.2) is 18.8 Å². The average Bonchev–Trinajstić information content (AvgIpc) is 1.60. The molecule has 0 saturated carbocycles. The van der Waals surface area contributed by atoms with Crippen molar-refractivity contribution in [3.63, 3.8) is 0 Å². The molecule has 6 saturated heterocycles. The van der Waals surface area contributed by atoms with Gasteiger partial charge in [-0.05, 0) is 110 Å². The number of carbonyl (C=O) groups excluding carboxylic acids is 6. The number of allylic oxidation sites excluding steroid dienone is 8. The fourth-order valence-electron chi connectivity index (χ4n) is 16.8. The van der Waals surface area contributed by atoms with Crippen LogP contribution in [0.25, 0.3) is 0 Å². The maximum Gasteiger partial charge on any atom is 0.272 e. The van der Waals surface area contributed by atoms with E-state index in [4.69, 9.17) is 11.5 Å². The molecule has 6 fully saturated rings. The van der Waals surface area contributed by atoms with E-state index in [-0.39, 0.29) is 99.4 Å². The second-order valence-corrected chi connectivity index (χ2v) is 39.6. The second kappa shape index (κ2) is 35.8. The number of quaternary nitrogens is 4. The summed E-state index contributed by atoms with van der Waals surface area (Å²) in [6.45, 7) is 22.0. The van der Waals surface area contributed by atoms with Gasteiger partial charge < -0.3 is 55.6 Å². The Morgan fingerprint density at radius 3 is 1.38 bits per heavy atom. The van der Waals surface area contributed by atoms with Crippen LogP contribution in [-0.4, -0.2) is 285 Å². The highest BCUT2D eigenvalue weighted by Gasteiger charge is 2.52. The summed E-state index contributed by atoms with van der Waals surface area (Å²) >= 11 is 0. The van der Waals surface area contributed by atoms with Gasteiger partial charge in [0, 0.05) is 112 Å². The van der Waals surface area contributed by atoms with E-state index < -0.39 is 86.2 Å². The highest BCUT2D eigenvalue weighted by atomic mass is 32.2. The van der Waals surface area contributed by atoms with Gasteiger partial charge in [-0.2, -0.15) is 21.4 Å². The number of rotatable bonds is 40. The number of sulfonamides is 2. The fourth-order valence-corrected chi connectivity index (χ4v) is 20.3. The molecule has 0 aliphatic carbocycles. The summed E-state index contributed by atoms with van der Waals surface area (Å²) in [5.74, 6) is -3.22. The zero-order valence-corrected chi connectivity index (χ0v) is 69.0. The molecule has 4 aromatic rings. The lowest BCUT2D eigenvalue weighted by Crippen LogP contribution is -2.76. The molecular formula is C79H113N14O16S4+5. The summed E-state index contributed by atoms with van der Waals surface area (Å²) in [6.07, 6.45) is 14.5.